The Labute approximate surface area is 323 Å². The van der Waals surface area contributed by atoms with Gasteiger partial charge in [-0.3, -0.25) is 24.2 Å². The highest BCUT2D eigenvalue weighted by molar-refractivity contribution is 6.74. The fourth-order valence-electron chi connectivity index (χ4n) is 6.66. The third-order valence-electron chi connectivity index (χ3n) is 11.1. The van der Waals surface area contributed by atoms with Gasteiger partial charge in [-0.15, -0.1) is 0 Å². The molecular formula is C43H63N3O7Si. The van der Waals surface area contributed by atoms with Crippen LogP contribution in [0.3, 0.4) is 0 Å². The molecule has 2 aliphatic heterocycles. The van der Waals surface area contributed by atoms with Crippen molar-refractivity contribution in [3.63, 3.8) is 0 Å². The molecule has 11 heteroatoms. The van der Waals surface area contributed by atoms with Crippen LogP contribution in [0, 0.1) is 17.8 Å². The van der Waals surface area contributed by atoms with Gasteiger partial charge in [0.1, 0.15) is 30.2 Å². The zero-order valence-electron chi connectivity index (χ0n) is 33.9. The SMILES string of the molecule is CCO[C@@H]1CC/C=C/c2cccc(c2)COC(=O)[C@@H]2CCCN(N2)C(=O)[C@H](Cc2cccc(O[Si](C)(C)C(C)(C)C)c2)NC(=O)[C@H](C(C)C)CC(=O)[C@@H]1C. The highest BCUT2D eigenvalue weighted by Gasteiger charge is 2.40. The van der Waals surface area contributed by atoms with Crippen molar-refractivity contribution in [2.24, 2.45) is 17.8 Å². The van der Waals surface area contributed by atoms with Gasteiger partial charge in [0.15, 0.2) is 0 Å². The molecule has 2 N–H and O–H groups in total. The van der Waals surface area contributed by atoms with Crippen LogP contribution >= 0.6 is 0 Å². The Morgan fingerprint density at radius 3 is 2.46 bits per heavy atom. The minimum Gasteiger partial charge on any atom is -0.543 e. The van der Waals surface area contributed by atoms with E-state index < -0.39 is 38.2 Å². The Hall–Kier alpha value is -3.80. The standard InChI is InChI=1S/C43H63N3O7Si/c1-10-51-39-22-12-11-16-31-17-13-19-33(24-31)28-52-42(50)36-21-15-23-46(45-36)41(49)37(44-40(48)35(29(2)3)27-38(47)30(39)4)26-32-18-14-20-34(25-32)53-54(8,9)43(5,6)7/h11,13-14,16-20,24-25,29-30,35-37,39,45H,10,12,15,21-23,26-28H2,1-9H3,(H,44,48)/b16-11+/t30-,35-,36-,37-,39+/m0/s1. The number of ether oxygens (including phenoxy) is 2. The summed E-state index contributed by atoms with van der Waals surface area (Å²) in [5.41, 5.74) is 5.76. The Balaban J connectivity index is 1.67. The summed E-state index contributed by atoms with van der Waals surface area (Å²) in [6.07, 6.45) is 6.44. The number of rotatable bonds is 7. The molecule has 10 nitrogen and oxygen atoms in total. The van der Waals surface area contributed by atoms with E-state index in [9.17, 15) is 19.2 Å². The number of carbonyl (C=O) groups excluding carboxylic acids is 4. The van der Waals surface area contributed by atoms with Crippen LogP contribution < -0.4 is 15.2 Å². The second kappa shape index (κ2) is 19.2. The summed E-state index contributed by atoms with van der Waals surface area (Å²) in [5.74, 6) is -1.73. The van der Waals surface area contributed by atoms with Crippen molar-refractivity contribution >= 4 is 38.0 Å². The van der Waals surface area contributed by atoms with E-state index in [4.69, 9.17) is 13.9 Å². The molecule has 2 heterocycles. The first kappa shape index (κ1) is 42.9. The normalized spacial score (nSPS) is 24.9. The van der Waals surface area contributed by atoms with Crippen LogP contribution in [-0.4, -0.2) is 68.2 Å². The monoisotopic (exact) mass is 761 g/mol. The maximum Gasteiger partial charge on any atom is 0.325 e. The summed E-state index contributed by atoms with van der Waals surface area (Å²) >= 11 is 0. The van der Waals surface area contributed by atoms with Gasteiger partial charge in [0.05, 0.1) is 6.10 Å². The molecule has 1 saturated heterocycles. The molecule has 0 aliphatic carbocycles. The van der Waals surface area contributed by atoms with Gasteiger partial charge in [-0.25, -0.2) is 5.43 Å². The van der Waals surface area contributed by atoms with Crippen molar-refractivity contribution < 1.29 is 33.1 Å². The molecule has 0 radical (unpaired) electrons. The van der Waals surface area contributed by atoms with Crippen molar-refractivity contribution in [1.82, 2.24) is 15.8 Å². The van der Waals surface area contributed by atoms with Crippen molar-refractivity contribution in [3.8, 4) is 5.75 Å². The number of ketones is 1. The lowest BCUT2D eigenvalue weighted by Crippen LogP contribution is -2.60. The van der Waals surface area contributed by atoms with Gasteiger partial charge < -0.3 is 19.2 Å². The van der Waals surface area contributed by atoms with Crippen LogP contribution in [0.4, 0.5) is 0 Å². The smallest absolute Gasteiger partial charge is 0.325 e. The maximum atomic E-state index is 14.4. The number of fused-ring (bicyclic) bond motifs is 4. The van der Waals surface area contributed by atoms with Crippen molar-refractivity contribution in [1.29, 1.82) is 0 Å². The number of esters is 1. The zero-order chi connectivity index (χ0) is 39.6. The highest BCUT2D eigenvalue weighted by atomic mass is 28.4. The zero-order valence-corrected chi connectivity index (χ0v) is 34.9. The van der Waals surface area contributed by atoms with Gasteiger partial charge in [0.25, 0.3) is 5.91 Å². The van der Waals surface area contributed by atoms with Gasteiger partial charge in [0.2, 0.25) is 14.2 Å². The Kier molecular flexibility index (Phi) is 15.2. The van der Waals surface area contributed by atoms with Gasteiger partial charge in [-0.05, 0) is 91.5 Å². The number of benzene rings is 2. The summed E-state index contributed by atoms with van der Waals surface area (Å²) < 4.78 is 18.4. The average Bonchev–Trinajstić information content (AvgIpc) is 3.12. The summed E-state index contributed by atoms with van der Waals surface area (Å²) in [5, 5.41) is 4.49. The molecule has 0 unspecified atom stereocenters. The summed E-state index contributed by atoms with van der Waals surface area (Å²) in [6, 6.07) is 13.8. The summed E-state index contributed by atoms with van der Waals surface area (Å²) in [6.45, 7) is 19.5. The number of cyclic esters (lactones) is 1. The Bertz CT molecular complexity index is 1630. The van der Waals surface area contributed by atoms with Gasteiger partial charge in [-0.1, -0.05) is 84.0 Å². The summed E-state index contributed by atoms with van der Waals surface area (Å²) in [4.78, 5) is 55.8. The molecule has 0 aromatic heterocycles. The fourth-order valence-corrected chi connectivity index (χ4v) is 7.68. The maximum absolute atomic E-state index is 14.4. The van der Waals surface area contributed by atoms with Crippen LogP contribution in [0.5, 0.6) is 5.75 Å². The third kappa shape index (κ3) is 11.8. The molecule has 0 spiro atoms. The molecule has 2 aromatic rings. The lowest BCUT2D eigenvalue weighted by atomic mass is 9.84. The minimum absolute atomic E-state index is 0.00679. The van der Waals surface area contributed by atoms with Gasteiger partial charge in [-0.2, -0.15) is 0 Å². The average molecular weight is 762 g/mol. The third-order valence-corrected chi connectivity index (χ3v) is 15.5. The molecule has 1 fully saturated rings. The first-order valence-electron chi connectivity index (χ1n) is 19.7. The van der Waals surface area contributed by atoms with Crippen molar-refractivity contribution in [2.45, 2.75) is 130 Å². The number of carbonyl (C=O) groups is 4. The topological polar surface area (TPSA) is 123 Å². The second-order valence-corrected chi connectivity index (χ2v) is 21.4. The number of nitrogens with one attached hydrogen (secondary N) is 2. The highest BCUT2D eigenvalue weighted by Crippen LogP contribution is 2.37. The second-order valence-electron chi connectivity index (χ2n) is 16.7. The molecule has 4 bridgehead atoms. The minimum atomic E-state index is -2.14. The number of nitrogens with zero attached hydrogens (tertiary/aromatic N) is 1. The van der Waals surface area contributed by atoms with Crippen molar-refractivity contribution in [3.05, 3.63) is 71.3 Å². The molecule has 2 aromatic carbocycles. The van der Waals surface area contributed by atoms with Crippen molar-refractivity contribution in [2.75, 3.05) is 13.2 Å². The van der Waals surface area contributed by atoms with Crippen LogP contribution in [-0.2, 0) is 41.7 Å². The van der Waals surface area contributed by atoms with E-state index in [-0.39, 0.29) is 54.1 Å². The van der Waals surface area contributed by atoms with E-state index in [0.717, 1.165) is 22.4 Å². The first-order chi connectivity index (χ1) is 25.5. The molecule has 4 rings (SSSR count). The van der Waals surface area contributed by atoms with Crippen LogP contribution in [0.25, 0.3) is 6.08 Å². The first-order valence-corrected chi connectivity index (χ1v) is 22.6. The van der Waals surface area contributed by atoms with Crippen LogP contribution in [0.2, 0.25) is 18.1 Å². The van der Waals surface area contributed by atoms with Crippen LogP contribution in [0.1, 0.15) is 97.3 Å². The van der Waals surface area contributed by atoms with E-state index >= 15 is 0 Å². The molecule has 5 atom stereocenters. The molecule has 296 valence electrons. The molecule has 2 amide bonds. The number of hydrogen-bond donors (Lipinski definition) is 2. The molecule has 0 saturated carbocycles. The van der Waals surface area contributed by atoms with E-state index in [1.165, 1.54) is 5.01 Å². The molecule has 2 aliphatic rings. The number of Topliss-reactive ketones (excluding diaryl/α,β-unsaturated/α-hetero) is 1. The van der Waals surface area contributed by atoms with E-state index in [1.807, 2.05) is 82.3 Å². The number of amides is 2. The van der Waals surface area contributed by atoms with Gasteiger partial charge in [0, 0.05) is 37.8 Å². The van der Waals surface area contributed by atoms with E-state index in [0.29, 0.717) is 38.8 Å². The molecule has 54 heavy (non-hydrogen) atoms. The Morgan fingerprint density at radius 2 is 1.76 bits per heavy atom. The number of hydrogen-bond acceptors (Lipinski definition) is 8. The summed E-state index contributed by atoms with van der Waals surface area (Å²) in [7, 11) is -2.14. The van der Waals surface area contributed by atoms with E-state index in [2.05, 4.69) is 50.7 Å². The Morgan fingerprint density at radius 1 is 1.02 bits per heavy atom. The molecular weight excluding hydrogens is 699 g/mol. The predicted octanol–water partition coefficient (Wildman–Crippen LogP) is 7.42. The predicted molar refractivity (Wildman–Crippen MR) is 215 cm³/mol. The number of allylic oxidation sites excluding steroid dienone is 1. The largest absolute Gasteiger partial charge is 0.543 e. The number of hydrazine groups is 1. The van der Waals surface area contributed by atoms with Gasteiger partial charge >= 0.3 is 5.97 Å². The van der Waals surface area contributed by atoms with E-state index in [1.54, 1.807) is 0 Å². The fraction of sp³-hybridized carbons (Fsp3) is 0.581. The quantitative estimate of drug-likeness (QED) is 0.221. The lowest BCUT2D eigenvalue weighted by Gasteiger charge is -2.36. The lowest BCUT2D eigenvalue weighted by molar-refractivity contribution is -0.154. The van der Waals surface area contributed by atoms with Crippen LogP contribution in [0.15, 0.2) is 54.6 Å².